The van der Waals surface area contributed by atoms with Gasteiger partial charge in [0.15, 0.2) is 0 Å². The van der Waals surface area contributed by atoms with Crippen LogP contribution in [0.15, 0.2) is 73.1 Å². The molecule has 2 heterocycles. The Kier molecular flexibility index (Phi) is 3.92. The van der Waals surface area contributed by atoms with E-state index in [1.165, 1.54) is 12.1 Å². The van der Waals surface area contributed by atoms with Gasteiger partial charge in [0.2, 0.25) is 5.95 Å². The predicted octanol–water partition coefficient (Wildman–Crippen LogP) is 4.65. The number of fused-ring (bicyclic) bond motifs is 1. The average molecular weight is 331 g/mol. The molecular formula is C19H14FN5. The highest BCUT2D eigenvalue weighted by molar-refractivity contribution is 5.82. The molecule has 0 radical (unpaired) electrons. The monoisotopic (exact) mass is 331 g/mol. The van der Waals surface area contributed by atoms with Crippen molar-refractivity contribution in [2.75, 3.05) is 10.6 Å². The molecule has 0 atom stereocenters. The highest BCUT2D eigenvalue weighted by Gasteiger charge is 2.03. The summed E-state index contributed by atoms with van der Waals surface area (Å²) in [5, 5.41) is 7.31. The summed E-state index contributed by atoms with van der Waals surface area (Å²) in [6.45, 7) is 0. The fourth-order valence-electron chi connectivity index (χ4n) is 2.44. The first kappa shape index (κ1) is 15.0. The fourth-order valence-corrected chi connectivity index (χ4v) is 2.44. The highest BCUT2D eigenvalue weighted by Crippen LogP contribution is 2.20. The maximum atomic E-state index is 13.0. The van der Waals surface area contributed by atoms with Gasteiger partial charge in [0, 0.05) is 17.3 Å². The van der Waals surface area contributed by atoms with Crippen LogP contribution in [0.2, 0.25) is 0 Å². The van der Waals surface area contributed by atoms with Crippen LogP contribution >= 0.6 is 0 Å². The number of hydrogen-bond donors (Lipinski definition) is 2. The third kappa shape index (κ3) is 3.53. The van der Waals surface area contributed by atoms with Gasteiger partial charge in [-0.3, -0.25) is 4.98 Å². The zero-order valence-corrected chi connectivity index (χ0v) is 13.1. The third-order valence-electron chi connectivity index (χ3n) is 3.62. The van der Waals surface area contributed by atoms with Crippen LogP contribution in [0.5, 0.6) is 0 Å². The highest BCUT2D eigenvalue weighted by atomic mass is 19.1. The molecule has 4 aromatic rings. The zero-order valence-electron chi connectivity index (χ0n) is 13.1. The molecule has 0 aliphatic rings. The Hall–Kier alpha value is -3.54. The fraction of sp³-hybridized carbons (Fsp3) is 0. The number of hydrogen-bond acceptors (Lipinski definition) is 5. The van der Waals surface area contributed by atoms with Gasteiger partial charge in [0.05, 0.1) is 17.4 Å². The average Bonchev–Trinajstić information content (AvgIpc) is 2.64. The van der Waals surface area contributed by atoms with E-state index in [4.69, 9.17) is 0 Å². The number of halogens is 1. The summed E-state index contributed by atoms with van der Waals surface area (Å²) in [5.41, 5.74) is 2.49. The summed E-state index contributed by atoms with van der Waals surface area (Å²) in [4.78, 5) is 13.0. The van der Waals surface area contributed by atoms with Crippen LogP contribution in [0.4, 0.5) is 27.5 Å². The second-order valence-corrected chi connectivity index (χ2v) is 5.44. The summed E-state index contributed by atoms with van der Waals surface area (Å²) in [6.07, 6.45) is 3.41. The molecule has 0 amide bonds. The van der Waals surface area contributed by atoms with Crippen LogP contribution in [-0.2, 0) is 0 Å². The SMILES string of the molecule is Fc1ccc(Nc2nccc(Nc3cnc4ccccc4c3)n2)cc1. The van der Waals surface area contributed by atoms with Gasteiger partial charge in [-0.15, -0.1) is 0 Å². The number of benzene rings is 2. The van der Waals surface area contributed by atoms with Gasteiger partial charge in [0.25, 0.3) is 0 Å². The molecule has 122 valence electrons. The Morgan fingerprint density at radius 1 is 0.800 bits per heavy atom. The summed E-state index contributed by atoms with van der Waals surface area (Å²) >= 11 is 0. The van der Waals surface area contributed by atoms with E-state index in [2.05, 4.69) is 25.6 Å². The molecule has 0 unspecified atom stereocenters. The van der Waals surface area contributed by atoms with E-state index in [9.17, 15) is 4.39 Å². The van der Waals surface area contributed by atoms with Crippen molar-refractivity contribution in [1.29, 1.82) is 0 Å². The van der Waals surface area contributed by atoms with Gasteiger partial charge in [-0.25, -0.2) is 9.37 Å². The van der Waals surface area contributed by atoms with Crippen molar-refractivity contribution < 1.29 is 4.39 Å². The third-order valence-corrected chi connectivity index (χ3v) is 3.62. The molecule has 2 aromatic carbocycles. The van der Waals surface area contributed by atoms with Gasteiger partial charge >= 0.3 is 0 Å². The lowest BCUT2D eigenvalue weighted by Crippen LogP contribution is -2.00. The van der Waals surface area contributed by atoms with Crippen LogP contribution in [0.3, 0.4) is 0 Å². The maximum absolute atomic E-state index is 13.0. The molecular weight excluding hydrogens is 317 g/mol. The lowest BCUT2D eigenvalue weighted by Gasteiger charge is -2.09. The van der Waals surface area contributed by atoms with Gasteiger partial charge in [-0.2, -0.15) is 4.98 Å². The van der Waals surface area contributed by atoms with Gasteiger partial charge in [-0.1, -0.05) is 18.2 Å². The van der Waals surface area contributed by atoms with Crippen LogP contribution in [0.1, 0.15) is 0 Å². The standard InChI is InChI=1S/C19H14FN5/c20-14-5-7-15(8-6-14)24-19-21-10-9-18(25-19)23-16-11-13-3-1-2-4-17(13)22-12-16/h1-12H,(H2,21,23,24,25). The lowest BCUT2D eigenvalue weighted by molar-refractivity contribution is 0.628. The van der Waals surface area contributed by atoms with Crippen molar-refractivity contribution in [3.8, 4) is 0 Å². The smallest absolute Gasteiger partial charge is 0.229 e. The molecule has 0 aliphatic heterocycles. The minimum Gasteiger partial charge on any atom is -0.339 e. The van der Waals surface area contributed by atoms with Crippen LogP contribution < -0.4 is 10.6 Å². The van der Waals surface area contributed by atoms with Crippen LogP contribution in [-0.4, -0.2) is 15.0 Å². The summed E-state index contributed by atoms with van der Waals surface area (Å²) < 4.78 is 13.0. The van der Waals surface area contributed by atoms with Crippen molar-refractivity contribution in [2.45, 2.75) is 0 Å². The Balaban J connectivity index is 1.55. The number of aromatic nitrogens is 3. The first-order valence-corrected chi connectivity index (χ1v) is 7.74. The first-order chi connectivity index (χ1) is 12.3. The molecule has 4 rings (SSSR count). The van der Waals surface area contributed by atoms with E-state index < -0.39 is 0 Å². The summed E-state index contributed by atoms with van der Waals surface area (Å²) in [7, 11) is 0. The normalized spacial score (nSPS) is 10.6. The molecule has 0 aliphatic carbocycles. The minimum absolute atomic E-state index is 0.286. The molecule has 0 bridgehead atoms. The summed E-state index contributed by atoms with van der Waals surface area (Å²) in [6, 6.07) is 17.7. The zero-order chi connectivity index (χ0) is 17.1. The van der Waals surface area contributed by atoms with Crippen LogP contribution in [0, 0.1) is 5.82 Å². The maximum Gasteiger partial charge on any atom is 0.229 e. The minimum atomic E-state index is -0.286. The molecule has 25 heavy (non-hydrogen) atoms. The van der Waals surface area contributed by atoms with E-state index in [1.54, 1.807) is 30.6 Å². The Morgan fingerprint density at radius 2 is 1.64 bits per heavy atom. The van der Waals surface area contributed by atoms with Crippen molar-refractivity contribution >= 4 is 34.0 Å². The van der Waals surface area contributed by atoms with Gasteiger partial charge in [-0.05, 0) is 42.5 Å². The second-order valence-electron chi connectivity index (χ2n) is 5.44. The predicted molar refractivity (Wildman–Crippen MR) is 96.7 cm³/mol. The molecule has 6 heteroatoms. The molecule has 5 nitrogen and oxygen atoms in total. The van der Waals surface area contributed by atoms with Crippen molar-refractivity contribution in [3.05, 3.63) is 78.9 Å². The Morgan fingerprint density at radius 3 is 2.52 bits per heavy atom. The van der Waals surface area contributed by atoms with E-state index in [0.717, 1.165) is 16.6 Å². The molecule has 2 aromatic heterocycles. The van der Waals surface area contributed by atoms with Gasteiger partial charge in [0.1, 0.15) is 11.6 Å². The number of anilines is 4. The van der Waals surface area contributed by atoms with E-state index in [-0.39, 0.29) is 5.82 Å². The molecule has 0 spiro atoms. The second kappa shape index (κ2) is 6.52. The van der Waals surface area contributed by atoms with Crippen LogP contribution in [0.25, 0.3) is 10.9 Å². The largest absolute Gasteiger partial charge is 0.339 e. The van der Waals surface area contributed by atoms with Gasteiger partial charge < -0.3 is 10.6 Å². The van der Waals surface area contributed by atoms with E-state index in [0.29, 0.717) is 17.5 Å². The molecule has 0 saturated heterocycles. The Labute approximate surface area is 143 Å². The quantitative estimate of drug-likeness (QED) is 0.570. The topological polar surface area (TPSA) is 62.7 Å². The van der Waals surface area contributed by atoms with Crippen molar-refractivity contribution in [3.63, 3.8) is 0 Å². The van der Waals surface area contributed by atoms with Crippen molar-refractivity contribution in [2.24, 2.45) is 0 Å². The lowest BCUT2D eigenvalue weighted by atomic mass is 10.2. The Bertz CT molecular complexity index is 1020. The van der Waals surface area contributed by atoms with E-state index >= 15 is 0 Å². The number of para-hydroxylation sites is 1. The molecule has 0 fully saturated rings. The van der Waals surface area contributed by atoms with Crippen molar-refractivity contribution in [1.82, 2.24) is 15.0 Å². The molecule has 0 saturated carbocycles. The molecule has 2 N–H and O–H groups in total. The number of nitrogens with one attached hydrogen (secondary N) is 2. The first-order valence-electron chi connectivity index (χ1n) is 7.74. The number of rotatable bonds is 4. The van der Waals surface area contributed by atoms with E-state index in [1.807, 2.05) is 30.3 Å². The number of pyridine rings is 1. The summed E-state index contributed by atoms with van der Waals surface area (Å²) in [5.74, 6) is 0.771. The number of nitrogens with zero attached hydrogens (tertiary/aromatic N) is 3.